The molecule has 0 radical (unpaired) electrons. The Kier molecular flexibility index (Phi) is 3.92. The summed E-state index contributed by atoms with van der Waals surface area (Å²) in [4.78, 5) is 11.8. The number of halogens is 2. The number of benzene rings is 3. The predicted octanol–water partition coefficient (Wildman–Crippen LogP) is 5.08. The zero-order valence-electron chi connectivity index (χ0n) is 13.2. The Hall–Kier alpha value is -2.53. The highest BCUT2D eigenvalue weighted by Crippen LogP contribution is 2.51. The van der Waals surface area contributed by atoms with Crippen LogP contribution in [0.2, 0.25) is 10.0 Å². The molecule has 0 aromatic heterocycles. The molecule has 3 aromatic rings. The summed E-state index contributed by atoms with van der Waals surface area (Å²) in [6, 6.07) is 16.0. The van der Waals surface area contributed by atoms with Gasteiger partial charge in [0.15, 0.2) is 0 Å². The molecule has 0 aliphatic carbocycles. The predicted molar refractivity (Wildman–Crippen MR) is 98.5 cm³/mol. The highest BCUT2D eigenvalue weighted by molar-refractivity contribution is 6.31. The molecule has 1 heterocycles. The van der Waals surface area contributed by atoms with E-state index in [2.05, 4.69) is 0 Å². The van der Waals surface area contributed by atoms with E-state index < -0.39 is 11.6 Å². The van der Waals surface area contributed by atoms with Gasteiger partial charge in [-0.3, -0.25) is 0 Å². The molecule has 0 amide bonds. The lowest BCUT2D eigenvalue weighted by Crippen LogP contribution is -2.34. The first-order valence-electron chi connectivity index (χ1n) is 7.74. The second kappa shape index (κ2) is 6.02. The average Bonchev–Trinajstić information content (AvgIpc) is 2.61. The zero-order chi connectivity index (χ0) is 18.5. The van der Waals surface area contributed by atoms with Crippen molar-refractivity contribution in [2.45, 2.75) is 5.60 Å². The van der Waals surface area contributed by atoms with Gasteiger partial charge >= 0.3 is 5.97 Å². The molecule has 1 aliphatic heterocycles. The van der Waals surface area contributed by atoms with Crippen molar-refractivity contribution in [1.29, 1.82) is 0 Å². The summed E-state index contributed by atoms with van der Waals surface area (Å²) < 4.78 is 5.88. The molecule has 6 heteroatoms. The highest BCUT2D eigenvalue weighted by atomic mass is 35.5. The summed E-state index contributed by atoms with van der Waals surface area (Å²) in [5.41, 5.74) is -0.676. The standard InChI is InChI=1S/C20H12Cl2O4/c21-11-5-7-15-17(9-11)26-18-10-12(22)6-8-16(18)20(15,25)14-4-2-1-3-13(14)19(23)24/h1-10,25H,(H,23,24). The first-order valence-corrected chi connectivity index (χ1v) is 8.50. The molecular weight excluding hydrogens is 375 g/mol. The third kappa shape index (κ3) is 2.46. The summed E-state index contributed by atoms with van der Waals surface area (Å²) in [6.07, 6.45) is 0. The lowest BCUT2D eigenvalue weighted by atomic mass is 9.76. The monoisotopic (exact) mass is 386 g/mol. The number of hydrogen-bond donors (Lipinski definition) is 2. The number of carboxylic acids is 1. The molecule has 130 valence electrons. The third-order valence-corrected chi connectivity index (χ3v) is 4.90. The van der Waals surface area contributed by atoms with Crippen LogP contribution in [0.15, 0.2) is 60.7 Å². The lowest BCUT2D eigenvalue weighted by Gasteiger charge is -2.37. The summed E-state index contributed by atoms with van der Waals surface area (Å²) in [6.45, 7) is 0. The molecule has 0 atom stereocenters. The Bertz CT molecular complexity index is 994. The number of fused-ring (bicyclic) bond motifs is 2. The van der Waals surface area contributed by atoms with Crippen LogP contribution in [0.4, 0.5) is 0 Å². The number of aliphatic hydroxyl groups is 1. The zero-order valence-corrected chi connectivity index (χ0v) is 14.8. The Balaban J connectivity index is 2.09. The second-order valence-corrected chi connectivity index (χ2v) is 6.82. The van der Waals surface area contributed by atoms with Crippen LogP contribution in [0, 0.1) is 0 Å². The summed E-state index contributed by atoms with van der Waals surface area (Å²) >= 11 is 12.1. The molecular formula is C20H12Cl2O4. The van der Waals surface area contributed by atoms with Crippen molar-refractivity contribution < 1.29 is 19.7 Å². The number of carboxylic acid groups (broad SMARTS) is 1. The molecule has 0 saturated carbocycles. The van der Waals surface area contributed by atoms with E-state index in [1.54, 1.807) is 54.6 Å². The fraction of sp³-hybridized carbons (Fsp3) is 0.0500. The molecule has 0 saturated heterocycles. The van der Waals surface area contributed by atoms with E-state index in [0.29, 0.717) is 32.7 Å². The van der Waals surface area contributed by atoms with Gasteiger partial charge in [-0.25, -0.2) is 4.79 Å². The first kappa shape index (κ1) is 16.9. The maximum Gasteiger partial charge on any atom is 0.336 e. The Morgan fingerprint density at radius 2 is 1.38 bits per heavy atom. The topological polar surface area (TPSA) is 66.8 Å². The van der Waals surface area contributed by atoms with Gasteiger partial charge in [-0.1, -0.05) is 53.5 Å². The van der Waals surface area contributed by atoms with Crippen LogP contribution < -0.4 is 4.74 Å². The smallest absolute Gasteiger partial charge is 0.336 e. The average molecular weight is 387 g/mol. The summed E-state index contributed by atoms with van der Waals surface area (Å²) in [7, 11) is 0. The van der Waals surface area contributed by atoms with Gasteiger partial charge < -0.3 is 14.9 Å². The SMILES string of the molecule is O=C(O)c1ccccc1C1(O)c2ccc(Cl)cc2Oc2cc(Cl)ccc21. The minimum Gasteiger partial charge on any atom is -0.478 e. The third-order valence-electron chi connectivity index (χ3n) is 4.43. The minimum atomic E-state index is -1.73. The van der Waals surface area contributed by atoms with E-state index in [4.69, 9.17) is 27.9 Å². The van der Waals surface area contributed by atoms with Gasteiger partial charge in [-0.05, 0) is 30.3 Å². The number of rotatable bonds is 2. The van der Waals surface area contributed by atoms with E-state index >= 15 is 0 Å². The van der Waals surface area contributed by atoms with Crippen LogP contribution in [-0.4, -0.2) is 16.2 Å². The van der Waals surface area contributed by atoms with Crippen molar-refractivity contribution in [1.82, 2.24) is 0 Å². The van der Waals surface area contributed by atoms with Crippen LogP contribution in [-0.2, 0) is 5.60 Å². The van der Waals surface area contributed by atoms with Gasteiger partial charge in [0.2, 0.25) is 0 Å². The van der Waals surface area contributed by atoms with Gasteiger partial charge in [0.1, 0.15) is 17.1 Å². The van der Waals surface area contributed by atoms with Crippen molar-refractivity contribution in [2.24, 2.45) is 0 Å². The normalized spacial score (nSPS) is 14.1. The van der Waals surface area contributed by atoms with E-state index in [1.807, 2.05) is 0 Å². The molecule has 26 heavy (non-hydrogen) atoms. The Labute approximate surface area is 159 Å². The van der Waals surface area contributed by atoms with Crippen molar-refractivity contribution >= 4 is 29.2 Å². The van der Waals surface area contributed by atoms with Crippen molar-refractivity contribution in [2.75, 3.05) is 0 Å². The van der Waals surface area contributed by atoms with Gasteiger partial charge in [-0.15, -0.1) is 0 Å². The van der Waals surface area contributed by atoms with Crippen molar-refractivity contribution in [3.8, 4) is 11.5 Å². The molecule has 0 fully saturated rings. The Morgan fingerprint density at radius 1 is 0.846 bits per heavy atom. The van der Waals surface area contributed by atoms with Crippen LogP contribution in [0.5, 0.6) is 11.5 Å². The molecule has 4 nitrogen and oxygen atoms in total. The largest absolute Gasteiger partial charge is 0.478 e. The first-order chi connectivity index (χ1) is 12.4. The number of hydrogen-bond acceptors (Lipinski definition) is 3. The van der Waals surface area contributed by atoms with E-state index in [1.165, 1.54) is 6.07 Å². The summed E-state index contributed by atoms with van der Waals surface area (Å²) in [5.74, 6) is -0.448. The molecule has 2 N–H and O–H groups in total. The number of aromatic carboxylic acids is 1. The van der Waals surface area contributed by atoms with Crippen molar-refractivity contribution in [3.63, 3.8) is 0 Å². The molecule has 0 bridgehead atoms. The van der Waals surface area contributed by atoms with Gasteiger partial charge in [-0.2, -0.15) is 0 Å². The van der Waals surface area contributed by atoms with Gasteiger partial charge in [0, 0.05) is 26.7 Å². The van der Waals surface area contributed by atoms with E-state index in [-0.39, 0.29) is 11.1 Å². The van der Waals surface area contributed by atoms with Crippen LogP contribution in [0.3, 0.4) is 0 Å². The molecule has 0 unspecified atom stereocenters. The van der Waals surface area contributed by atoms with Crippen LogP contribution >= 0.6 is 23.2 Å². The quantitative estimate of drug-likeness (QED) is 0.644. The van der Waals surface area contributed by atoms with Crippen LogP contribution in [0.1, 0.15) is 27.0 Å². The lowest BCUT2D eigenvalue weighted by molar-refractivity contribution is 0.0676. The highest BCUT2D eigenvalue weighted by Gasteiger charge is 2.44. The van der Waals surface area contributed by atoms with Crippen LogP contribution in [0.25, 0.3) is 0 Å². The van der Waals surface area contributed by atoms with Gasteiger partial charge in [0.25, 0.3) is 0 Å². The number of ether oxygens (including phenoxy) is 1. The fourth-order valence-corrected chi connectivity index (χ4v) is 3.62. The van der Waals surface area contributed by atoms with E-state index in [9.17, 15) is 15.0 Å². The minimum absolute atomic E-state index is 0.00120. The number of carbonyl (C=O) groups is 1. The summed E-state index contributed by atoms with van der Waals surface area (Å²) in [5, 5.41) is 22.3. The second-order valence-electron chi connectivity index (χ2n) is 5.94. The van der Waals surface area contributed by atoms with Crippen molar-refractivity contribution in [3.05, 3.63) is 93.0 Å². The van der Waals surface area contributed by atoms with Gasteiger partial charge in [0.05, 0.1) is 5.56 Å². The molecule has 1 aliphatic rings. The molecule has 4 rings (SSSR count). The molecule has 0 spiro atoms. The fourth-order valence-electron chi connectivity index (χ4n) is 3.30. The molecule has 3 aromatic carbocycles. The maximum absolute atomic E-state index is 11.8. The van der Waals surface area contributed by atoms with E-state index in [0.717, 1.165) is 0 Å². The Morgan fingerprint density at radius 3 is 1.92 bits per heavy atom. The maximum atomic E-state index is 11.8.